The number of hydrogen-bond acceptors (Lipinski definition) is 5. The molecule has 138 valence electrons. The van der Waals surface area contributed by atoms with E-state index in [1.807, 2.05) is 54.1 Å². The highest BCUT2D eigenvalue weighted by Crippen LogP contribution is 2.23. The Labute approximate surface area is 164 Å². The van der Waals surface area contributed by atoms with E-state index in [2.05, 4.69) is 10.5 Å². The Bertz CT molecular complexity index is 1060. The second kappa shape index (κ2) is 7.58. The minimum atomic E-state index is -0.522. The minimum absolute atomic E-state index is 0.131. The summed E-state index contributed by atoms with van der Waals surface area (Å²) in [5.41, 5.74) is 4.30. The van der Waals surface area contributed by atoms with Gasteiger partial charge in [-0.05, 0) is 24.3 Å². The van der Waals surface area contributed by atoms with E-state index in [0.29, 0.717) is 22.0 Å². The van der Waals surface area contributed by atoms with E-state index < -0.39 is 6.04 Å². The summed E-state index contributed by atoms with van der Waals surface area (Å²) in [7, 11) is 1.92. The van der Waals surface area contributed by atoms with Crippen LogP contribution in [0.1, 0.15) is 10.4 Å². The molecule has 0 bridgehead atoms. The number of hydrogen-bond donors (Lipinski definition) is 1. The Morgan fingerprint density at radius 3 is 2.63 bits per heavy atom. The molecular formula is C19H18N4O2S2. The maximum absolute atomic E-state index is 12.7. The van der Waals surface area contributed by atoms with Gasteiger partial charge in [0.25, 0.3) is 11.8 Å². The van der Waals surface area contributed by atoms with Crippen LogP contribution < -0.4 is 10.2 Å². The van der Waals surface area contributed by atoms with E-state index in [1.165, 1.54) is 11.3 Å². The van der Waals surface area contributed by atoms with Gasteiger partial charge in [0.1, 0.15) is 6.04 Å². The first kappa shape index (κ1) is 17.8. The zero-order valence-electron chi connectivity index (χ0n) is 14.7. The second-order valence-corrected chi connectivity index (χ2v) is 8.16. The van der Waals surface area contributed by atoms with Crippen molar-refractivity contribution in [1.82, 2.24) is 14.9 Å². The molecule has 2 heterocycles. The van der Waals surface area contributed by atoms with Gasteiger partial charge in [0.2, 0.25) is 4.80 Å². The summed E-state index contributed by atoms with van der Waals surface area (Å²) in [6.45, 7) is 0. The zero-order valence-corrected chi connectivity index (χ0v) is 16.3. The number of fused-ring (bicyclic) bond motifs is 1. The van der Waals surface area contributed by atoms with Gasteiger partial charge in [0, 0.05) is 18.4 Å². The van der Waals surface area contributed by atoms with Crippen LogP contribution in [-0.2, 0) is 11.8 Å². The molecule has 1 aliphatic heterocycles. The molecule has 0 radical (unpaired) electrons. The van der Waals surface area contributed by atoms with Crippen LogP contribution >= 0.6 is 23.1 Å². The van der Waals surface area contributed by atoms with Gasteiger partial charge in [-0.3, -0.25) is 9.59 Å². The molecule has 2 aromatic carbocycles. The molecule has 1 N–H and O–H groups in total. The van der Waals surface area contributed by atoms with Crippen molar-refractivity contribution in [3.05, 3.63) is 65.0 Å². The van der Waals surface area contributed by atoms with Crippen LogP contribution in [0.4, 0.5) is 0 Å². The normalized spacial score (nSPS) is 17.4. The average Bonchev–Trinajstić information content (AvgIpc) is 3.32. The lowest BCUT2D eigenvalue weighted by Gasteiger charge is -2.22. The fourth-order valence-electron chi connectivity index (χ4n) is 2.97. The van der Waals surface area contributed by atoms with Crippen molar-refractivity contribution in [3.63, 3.8) is 0 Å². The molecule has 0 saturated carbocycles. The highest BCUT2D eigenvalue weighted by molar-refractivity contribution is 7.99. The summed E-state index contributed by atoms with van der Waals surface area (Å²) in [5.74, 6) is 0.677. The molecule has 0 spiro atoms. The summed E-state index contributed by atoms with van der Waals surface area (Å²) in [4.78, 5) is 27.7. The van der Waals surface area contributed by atoms with Crippen LogP contribution in [0, 0.1) is 0 Å². The lowest BCUT2D eigenvalue weighted by Crippen LogP contribution is -2.46. The van der Waals surface area contributed by atoms with Crippen molar-refractivity contribution in [2.75, 3.05) is 11.6 Å². The molecule has 6 nitrogen and oxygen atoms in total. The third-order valence-electron chi connectivity index (χ3n) is 4.44. The van der Waals surface area contributed by atoms with Crippen LogP contribution in [0.25, 0.3) is 10.2 Å². The number of nitrogens with one attached hydrogen (secondary N) is 1. The van der Waals surface area contributed by atoms with Gasteiger partial charge in [-0.1, -0.05) is 41.7 Å². The minimum Gasteiger partial charge on any atom is -0.318 e. The summed E-state index contributed by atoms with van der Waals surface area (Å²) in [6.07, 6.45) is 0. The number of nitrogens with zero attached hydrogens (tertiary/aromatic N) is 3. The lowest BCUT2D eigenvalue weighted by molar-refractivity contribution is -0.124. The predicted molar refractivity (Wildman–Crippen MR) is 108 cm³/mol. The number of carbonyl (C=O) groups excluding carboxylic acids is 2. The van der Waals surface area contributed by atoms with Gasteiger partial charge in [0.15, 0.2) is 0 Å². The molecule has 8 heteroatoms. The maximum Gasteiger partial charge on any atom is 0.263 e. The number of aromatic nitrogens is 1. The SMILES string of the molecule is Cn1/c(=N/NC(=O)C2CSCN2C(=O)c2ccccc2)sc2ccccc21. The molecule has 1 aromatic heterocycles. The monoisotopic (exact) mass is 398 g/mol. The van der Waals surface area contributed by atoms with Gasteiger partial charge in [-0.25, -0.2) is 5.43 Å². The van der Waals surface area contributed by atoms with Gasteiger partial charge in [0.05, 0.1) is 16.1 Å². The van der Waals surface area contributed by atoms with Crippen molar-refractivity contribution >= 4 is 45.1 Å². The molecule has 2 amide bonds. The number of benzene rings is 2. The molecule has 0 aliphatic carbocycles. The van der Waals surface area contributed by atoms with Gasteiger partial charge < -0.3 is 9.47 Å². The smallest absolute Gasteiger partial charge is 0.263 e. The predicted octanol–water partition coefficient (Wildman–Crippen LogP) is 2.39. The Hall–Kier alpha value is -2.58. The van der Waals surface area contributed by atoms with Crippen LogP contribution in [0.15, 0.2) is 59.7 Å². The van der Waals surface area contributed by atoms with Gasteiger partial charge in [-0.2, -0.15) is 0 Å². The number of thioether (sulfide) groups is 1. The number of para-hydroxylation sites is 1. The highest BCUT2D eigenvalue weighted by atomic mass is 32.2. The third-order valence-corrected chi connectivity index (χ3v) is 6.57. The Morgan fingerprint density at radius 1 is 1.11 bits per heavy atom. The van der Waals surface area contributed by atoms with Crippen LogP contribution in [0.5, 0.6) is 0 Å². The van der Waals surface area contributed by atoms with E-state index in [0.717, 1.165) is 10.2 Å². The molecule has 3 aromatic rings. The largest absolute Gasteiger partial charge is 0.318 e. The summed E-state index contributed by atoms with van der Waals surface area (Å²) in [6, 6.07) is 16.5. The van der Waals surface area contributed by atoms with Crippen LogP contribution in [0.2, 0.25) is 0 Å². The molecule has 1 saturated heterocycles. The summed E-state index contributed by atoms with van der Waals surface area (Å²) >= 11 is 3.08. The van der Waals surface area contributed by atoms with Crippen molar-refractivity contribution in [2.24, 2.45) is 12.1 Å². The fourth-order valence-corrected chi connectivity index (χ4v) is 5.11. The number of thiazole rings is 1. The topological polar surface area (TPSA) is 66.7 Å². The standard InChI is InChI=1S/C19H18N4O2S2/c1-22-14-9-5-6-10-16(14)27-19(22)21-20-17(24)15-11-26-12-23(15)18(25)13-7-3-2-4-8-13/h2-10,15H,11-12H2,1H3,(H,20,24)/b21-19-. The summed E-state index contributed by atoms with van der Waals surface area (Å²) in [5, 5.41) is 4.29. The second-order valence-electron chi connectivity index (χ2n) is 6.16. The average molecular weight is 399 g/mol. The third kappa shape index (κ3) is 3.50. The zero-order chi connectivity index (χ0) is 18.8. The van der Waals surface area contributed by atoms with Crippen LogP contribution in [-0.4, -0.2) is 39.0 Å². The number of aryl methyl sites for hydroxylation is 1. The molecule has 1 aliphatic rings. The van der Waals surface area contributed by atoms with Gasteiger partial charge >= 0.3 is 0 Å². The Balaban J connectivity index is 1.53. The Kier molecular flexibility index (Phi) is 5.00. The number of carbonyl (C=O) groups is 2. The fraction of sp³-hybridized carbons (Fsp3) is 0.211. The van der Waals surface area contributed by atoms with E-state index in [4.69, 9.17) is 0 Å². The molecule has 4 rings (SSSR count). The number of amides is 2. The summed E-state index contributed by atoms with van der Waals surface area (Å²) < 4.78 is 3.04. The molecular weight excluding hydrogens is 380 g/mol. The molecule has 27 heavy (non-hydrogen) atoms. The number of rotatable bonds is 3. The van der Waals surface area contributed by atoms with E-state index in [-0.39, 0.29) is 11.8 Å². The quantitative estimate of drug-likeness (QED) is 0.689. The maximum atomic E-state index is 12.7. The van der Waals surface area contributed by atoms with Gasteiger partial charge in [-0.15, -0.1) is 16.9 Å². The molecule has 1 atom stereocenters. The van der Waals surface area contributed by atoms with Crippen LogP contribution in [0.3, 0.4) is 0 Å². The first-order chi connectivity index (χ1) is 13.1. The van der Waals surface area contributed by atoms with E-state index in [1.54, 1.807) is 28.8 Å². The molecule has 1 unspecified atom stereocenters. The lowest BCUT2D eigenvalue weighted by atomic mass is 10.2. The van der Waals surface area contributed by atoms with Crippen molar-refractivity contribution in [1.29, 1.82) is 0 Å². The first-order valence-electron chi connectivity index (χ1n) is 8.47. The van der Waals surface area contributed by atoms with Crippen molar-refractivity contribution < 1.29 is 9.59 Å². The van der Waals surface area contributed by atoms with Crippen molar-refractivity contribution in [3.8, 4) is 0 Å². The highest BCUT2D eigenvalue weighted by Gasteiger charge is 2.35. The van der Waals surface area contributed by atoms with E-state index in [9.17, 15) is 9.59 Å². The van der Waals surface area contributed by atoms with Crippen molar-refractivity contribution in [2.45, 2.75) is 6.04 Å². The first-order valence-corrected chi connectivity index (χ1v) is 10.4. The Morgan fingerprint density at radius 2 is 1.85 bits per heavy atom. The van der Waals surface area contributed by atoms with E-state index >= 15 is 0 Å². The molecule has 1 fully saturated rings.